The van der Waals surface area contributed by atoms with E-state index in [1.807, 2.05) is 0 Å². The average molecular weight is 171 g/mol. The molecule has 0 bridgehead atoms. The van der Waals surface area contributed by atoms with Crippen molar-refractivity contribution in [3.63, 3.8) is 0 Å². The summed E-state index contributed by atoms with van der Waals surface area (Å²) in [6.07, 6.45) is 0.968. The van der Waals surface area contributed by atoms with E-state index >= 15 is 0 Å². The summed E-state index contributed by atoms with van der Waals surface area (Å²) >= 11 is 0. The number of nitrogens with two attached hydrogens (primary N) is 1. The largest absolute Gasteiger partial charge is 0.396 e. The van der Waals surface area contributed by atoms with Gasteiger partial charge in [-0.05, 0) is 13.0 Å². The summed E-state index contributed by atoms with van der Waals surface area (Å²) in [5.41, 5.74) is 8.39. The first-order valence-electron chi connectivity index (χ1n) is 3.94. The summed E-state index contributed by atoms with van der Waals surface area (Å²) in [4.78, 5) is 10.7. The summed E-state index contributed by atoms with van der Waals surface area (Å²) < 4.78 is 0. The number of nitrogens with one attached hydrogen (secondary N) is 1. The number of nitrogens with zero attached hydrogens (tertiary/aromatic N) is 1. The minimum Gasteiger partial charge on any atom is -0.396 e. The molecule has 0 radical (unpaired) electrons. The fraction of sp³-hybridized carbons (Fsp3) is 0.714. The van der Waals surface area contributed by atoms with Gasteiger partial charge in [-0.25, -0.2) is 5.43 Å². The highest BCUT2D eigenvalue weighted by molar-refractivity contribution is 6.06. The highest BCUT2D eigenvalue weighted by Crippen LogP contribution is 2.10. The van der Waals surface area contributed by atoms with Crippen LogP contribution in [0.2, 0.25) is 0 Å². The lowest BCUT2D eigenvalue weighted by Crippen LogP contribution is -2.21. The molecule has 68 valence electrons. The average Bonchev–Trinajstić information content (AvgIpc) is 2.47. The topological polar surface area (TPSA) is 87.7 Å². The van der Waals surface area contributed by atoms with Crippen LogP contribution in [0.1, 0.15) is 12.8 Å². The van der Waals surface area contributed by atoms with E-state index in [2.05, 4.69) is 10.5 Å². The van der Waals surface area contributed by atoms with Gasteiger partial charge >= 0.3 is 0 Å². The van der Waals surface area contributed by atoms with E-state index in [4.69, 9.17) is 10.8 Å². The highest BCUT2D eigenvalue weighted by atomic mass is 16.3. The Hall–Kier alpha value is -0.940. The minimum absolute atomic E-state index is 0.00495. The predicted octanol–water partition coefficient (Wildman–Crippen LogP) is -1.18. The molecule has 0 fully saturated rings. The molecule has 0 aromatic carbocycles. The zero-order chi connectivity index (χ0) is 8.97. The molecule has 0 aromatic rings. The van der Waals surface area contributed by atoms with Crippen LogP contribution in [0, 0.1) is 5.92 Å². The van der Waals surface area contributed by atoms with E-state index in [1.165, 1.54) is 0 Å². The summed E-state index contributed by atoms with van der Waals surface area (Å²) in [6, 6.07) is 0. The molecule has 4 N–H and O–H groups in total. The van der Waals surface area contributed by atoms with Crippen molar-refractivity contribution in [2.75, 3.05) is 13.2 Å². The second-order valence-corrected chi connectivity index (χ2v) is 2.77. The number of carbonyl (C=O) groups is 1. The van der Waals surface area contributed by atoms with Crippen LogP contribution in [0.25, 0.3) is 0 Å². The normalized spacial score (nSPS) is 18.8. The Labute approximate surface area is 70.6 Å². The zero-order valence-electron chi connectivity index (χ0n) is 6.79. The quantitative estimate of drug-likeness (QED) is 0.497. The van der Waals surface area contributed by atoms with Gasteiger partial charge in [-0.1, -0.05) is 0 Å². The summed E-state index contributed by atoms with van der Waals surface area (Å²) in [7, 11) is 0. The van der Waals surface area contributed by atoms with Gasteiger partial charge in [0.15, 0.2) is 0 Å². The van der Waals surface area contributed by atoms with E-state index < -0.39 is 0 Å². The van der Waals surface area contributed by atoms with Crippen LogP contribution in [0.4, 0.5) is 0 Å². The lowest BCUT2D eigenvalue weighted by Gasteiger charge is -2.10. The standard InChI is InChI=1S/C7H13N3O2/c8-2-1-5(4-11)6-3-7(12)10-9-6/h5,11H,1-4,8H2,(H,10,12). The van der Waals surface area contributed by atoms with Gasteiger partial charge in [0.05, 0.1) is 18.7 Å². The van der Waals surface area contributed by atoms with Gasteiger partial charge < -0.3 is 10.8 Å². The molecule has 1 unspecified atom stereocenters. The first-order chi connectivity index (χ1) is 5.77. The Balaban J connectivity index is 2.49. The Bertz CT molecular complexity index is 203. The van der Waals surface area contributed by atoms with Crippen molar-refractivity contribution in [2.45, 2.75) is 12.8 Å². The number of hydrazone groups is 1. The number of hydrogen-bond acceptors (Lipinski definition) is 4. The van der Waals surface area contributed by atoms with Crippen LogP contribution < -0.4 is 11.2 Å². The fourth-order valence-corrected chi connectivity index (χ4v) is 1.18. The second-order valence-electron chi connectivity index (χ2n) is 2.77. The summed E-state index contributed by atoms with van der Waals surface area (Å²) in [5, 5.41) is 12.7. The number of amides is 1. The molecule has 5 heteroatoms. The van der Waals surface area contributed by atoms with E-state index in [0.717, 1.165) is 0 Å². The van der Waals surface area contributed by atoms with Crippen LogP contribution in [0.3, 0.4) is 0 Å². The van der Waals surface area contributed by atoms with Gasteiger partial charge in [0, 0.05) is 5.92 Å². The molecule has 5 nitrogen and oxygen atoms in total. The van der Waals surface area contributed by atoms with Gasteiger partial charge in [-0.3, -0.25) is 4.79 Å². The molecule has 0 spiro atoms. The Morgan fingerprint density at radius 3 is 2.92 bits per heavy atom. The lowest BCUT2D eigenvalue weighted by atomic mass is 9.98. The van der Waals surface area contributed by atoms with Crippen molar-refractivity contribution in [2.24, 2.45) is 16.8 Å². The van der Waals surface area contributed by atoms with Gasteiger partial charge in [0.1, 0.15) is 0 Å². The van der Waals surface area contributed by atoms with Crippen LogP contribution >= 0.6 is 0 Å². The maximum atomic E-state index is 10.7. The maximum absolute atomic E-state index is 10.7. The van der Waals surface area contributed by atoms with E-state index in [1.54, 1.807) is 0 Å². The third kappa shape index (κ3) is 2.02. The van der Waals surface area contributed by atoms with Crippen LogP contribution in [-0.4, -0.2) is 29.9 Å². The Kier molecular flexibility index (Phi) is 3.19. The van der Waals surface area contributed by atoms with E-state index in [9.17, 15) is 4.79 Å². The first-order valence-corrected chi connectivity index (χ1v) is 3.94. The zero-order valence-corrected chi connectivity index (χ0v) is 6.79. The van der Waals surface area contributed by atoms with Gasteiger partial charge in [0.2, 0.25) is 5.91 Å². The third-order valence-electron chi connectivity index (χ3n) is 1.87. The highest BCUT2D eigenvalue weighted by Gasteiger charge is 2.22. The van der Waals surface area contributed by atoms with Crippen molar-refractivity contribution in [1.29, 1.82) is 0 Å². The van der Waals surface area contributed by atoms with Crippen molar-refractivity contribution >= 4 is 11.6 Å². The number of rotatable bonds is 4. The maximum Gasteiger partial charge on any atom is 0.245 e. The molecule has 0 aromatic heterocycles. The molecule has 12 heavy (non-hydrogen) atoms. The van der Waals surface area contributed by atoms with Crippen LogP contribution in [0.15, 0.2) is 5.10 Å². The molecular formula is C7H13N3O2. The first kappa shape index (κ1) is 9.15. The van der Waals surface area contributed by atoms with Crippen LogP contribution in [0.5, 0.6) is 0 Å². The van der Waals surface area contributed by atoms with E-state index in [0.29, 0.717) is 25.1 Å². The Morgan fingerprint density at radius 1 is 1.75 bits per heavy atom. The molecule has 0 saturated carbocycles. The van der Waals surface area contributed by atoms with Gasteiger partial charge in [-0.2, -0.15) is 5.10 Å². The fourth-order valence-electron chi connectivity index (χ4n) is 1.18. The molecule has 0 aliphatic carbocycles. The van der Waals surface area contributed by atoms with Gasteiger partial charge in [0.25, 0.3) is 0 Å². The van der Waals surface area contributed by atoms with Crippen molar-refractivity contribution < 1.29 is 9.90 Å². The Morgan fingerprint density at radius 2 is 2.50 bits per heavy atom. The van der Waals surface area contributed by atoms with E-state index in [-0.39, 0.29) is 18.4 Å². The minimum atomic E-state index is -0.111. The molecule has 0 saturated heterocycles. The molecule has 1 rings (SSSR count). The molecule has 1 aliphatic rings. The molecule has 1 amide bonds. The molecule has 1 aliphatic heterocycles. The predicted molar refractivity (Wildman–Crippen MR) is 44.4 cm³/mol. The lowest BCUT2D eigenvalue weighted by molar-refractivity contribution is -0.119. The molecule has 1 atom stereocenters. The molecule has 1 heterocycles. The number of aliphatic hydroxyl groups is 1. The molecular weight excluding hydrogens is 158 g/mol. The van der Waals surface area contributed by atoms with Crippen molar-refractivity contribution in [3.8, 4) is 0 Å². The number of aliphatic hydroxyl groups excluding tert-OH is 1. The van der Waals surface area contributed by atoms with Crippen LogP contribution in [-0.2, 0) is 4.79 Å². The third-order valence-corrected chi connectivity index (χ3v) is 1.87. The van der Waals surface area contributed by atoms with Gasteiger partial charge in [-0.15, -0.1) is 0 Å². The summed E-state index contributed by atoms with van der Waals surface area (Å²) in [6.45, 7) is 0.503. The van der Waals surface area contributed by atoms with Crippen molar-refractivity contribution in [3.05, 3.63) is 0 Å². The smallest absolute Gasteiger partial charge is 0.245 e. The summed E-state index contributed by atoms with van der Waals surface area (Å²) in [5.74, 6) is -0.172. The SMILES string of the molecule is NCCC(CO)C1=NNC(=O)C1. The second kappa shape index (κ2) is 4.18. The number of hydrogen-bond donors (Lipinski definition) is 3. The van der Waals surface area contributed by atoms with Crippen molar-refractivity contribution in [1.82, 2.24) is 5.43 Å². The number of carbonyl (C=O) groups excluding carboxylic acids is 1. The monoisotopic (exact) mass is 171 g/mol.